The second-order valence-electron chi connectivity index (χ2n) is 14.0. The monoisotopic (exact) mass is 696 g/mol. The van der Waals surface area contributed by atoms with Gasteiger partial charge in [-0.3, -0.25) is 0 Å². The SMILES string of the molecule is Cc1cc(C(c2cc(C)c(O)c(C)c2)c2ccccc2O)cc(C)c1O.Cc1cc(C(c2ccc(O)cc2)c2cc(C)c(O)cc2C)c(C)cc1O. The lowest BCUT2D eigenvalue weighted by Gasteiger charge is -2.24. The summed E-state index contributed by atoms with van der Waals surface area (Å²) < 4.78 is 0. The second-order valence-corrected chi connectivity index (χ2v) is 14.0. The quantitative estimate of drug-likeness (QED) is 0.0964. The molecule has 0 atom stereocenters. The van der Waals surface area contributed by atoms with E-state index in [1.54, 1.807) is 36.4 Å². The van der Waals surface area contributed by atoms with Gasteiger partial charge in [-0.1, -0.05) is 66.7 Å². The van der Waals surface area contributed by atoms with Crippen LogP contribution in [0.3, 0.4) is 0 Å². The van der Waals surface area contributed by atoms with Crippen molar-refractivity contribution in [2.45, 2.75) is 67.2 Å². The van der Waals surface area contributed by atoms with Crippen molar-refractivity contribution in [3.63, 3.8) is 0 Å². The number of hydrogen-bond acceptors (Lipinski definition) is 6. The maximum atomic E-state index is 10.5. The summed E-state index contributed by atoms with van der Waals surface area (Å²) in [5.41, 5.74) is 12.8. The molecule has 0 aliphatic rings. The van der Waals surface area contributed by atoms with E-state index in [1.807, 2.05) is 116 Å². The third-order valence-corrected chi connectivity index (χ3v) is 9.96. The Morgan fingerprint density at radius 1 is 0.327 bits per heavy atom. The van der Waals surface area contributed by atoms with Gasteiger partial charge in [0.1, 0.15) is 34.5 Å². The van der Waals surface area contributed by atoms with Crippen LogP contribution >= 0.6 is 0 Å². The fraction of sp³-hybridized carbons (Fsp3) is 0.217. The zero-order valence-corrected chi connectivity index (χ0v) is 31.1. The molecule has 0 aliphatic carbocycles. The third kappa shape index (κ3) is 7.71. The molecule has 0 bridgehead atoms. The standard InChI is InChI=1S/2C23H24O3/c1-13-11-21(25)15(3)9-19(13)23(17-5-7-18(24)8-6-17)20-10-16(4)22(26)12-14(20)2;1-13-9-17(10-14(2)22(13)25)21(19-7-5-6-8-20(19)24)18-11-15(3)23(26)16(4)12-18/h5-12,23-26H,1-4H3;5-12,21,24-26H,1-4H3. The summed E-state index contributed by atoms with van der Waals surface area (Å²) in [6, 6.07) is 30.0. The van der Waals surface area contributed by atoms with Gasteiger partial charge < -0.3 is 30.6 Å². The highest BCUT2D eigenvalue weighted by Crippen LogP contribution is 2.42. The summed E-state index contributed by atoms with van der Waals surface area (Å²) in [6.45, 7) is 15.3. The zero-order valence-electron chi connectivity index (χ0n) is 31.1. The van der Waals surface area contributed by atoms with Crippen molar-refractivity contribution in [3.05, 3.63) is 175 Å². The molecule has 0 spiro atoms. The first-order valence-electron chi connectivity index (χ1n) is 17.3. The van der Waals surface area contributed by atoms with Crippen LogP contribution in [0.5, 0.6) is 34.5 Å². The van der Waals surface area contributed by atoms with E-state index in [-0.39, 0.29) is 34.8 Å². The Balaban J connectivity index is 0.000000201. The van der Waals surface area contributed by atoms with Gasteiger partial charge in [0.15, 0.2) is 0 Å². The number of hydrogen-bond donors (Lipinski definition) is 6. The van der Waals surface area contributed by atoms with Gasteiger partial charge in [0, 0.05) is 17.4 Å². The van der Waals surface area contributed by atoms with Gasteiger partial charge in [-0.05, 0) is 158 Å². The number of benzene rings is 6. The summed E-state index contributed by atoms with van der Waals surface area (Å²) >= 11 is 0. The predicted molar refractivity (Wildman–Crippen MR) is 208 cm³/mol. The summed E-state index contributed by atoms with van der Waals surface area (Å²) in [5.74, 6) is 1.35. The molecule has 0 saturated carbocycles. The minimum Gasteiger partial charge on any atom is -0.508 e. The van der Waals surface area contributed by atoms with Gasteiger partial charge >= 0.3 is 0 Å². The highest BCUT2D eigenvalue weighted by molar-refractivity contribution is 5.57. The Labute approximate surface area is 306 Å². The fourth-order valence-electron chi connectivity index (χ4n) is 7.06. The minimum atomic E-state index is -0.202. The third-order valence-electron chi connectivity index (χ3n) is 9.96. The van der Waals surface area contributed by atoms with Crippen molar-refractivity contribution in [1.82, 2.24) is 0 Å². The van der Waals surface area contributed by atoms with Crippen LogP contribution in [-0.4, -0.2) is 30.6 Å². The second kappa shape index (κ2) is 15.2. The minimum absolute atomic E-state index is 0.0609. The topological polar surface area (TPSA) is 121 Å². The van der Waals surface area contributed by atoms with E-state index in [1.165, 1.54) is 0 Å². The number of para-hydroxylation sites is 1. The molecule has 0 unspecified atom stereocenters. The van der Waals surface area contributed by atoms with E-state index < -0.39 is 0 Å². The van der Waals surface area contributed by atoms with Crippen LogP contribution in [0, 0.1) is 55.4 Å². The summed E-state index contributed by atoms with van der Waals surface area (Å²) in [5, 5.41) is 60.6. The molecule has 0 aliphatic heterocycles. The van der Waals surface area contributed by atoms with Crippen LogP contribution in [0.2, 0.25) is 0 Å². The molecule has 6 rings (SSSR count). The molecule has 0 saturated heterocycles. The number of rotatable bonds is 6. The van der Waals surface area contributed by atoms with Crippen molar-refractivity contribution in [1.29, 1.82) is 0 Å². The van der Waals surface area contributed by atoms with Gasteiger partial charge in [0.05, 0.1) is 0 Å². The smallest absolute Gasteiger partial charge is 0.121 e. The molecule has 0 fully saturated rings. The maximum Gasteiger partial charge on any atom is 0.121 e. The van der Waals surface area contributed by atoms with E-state index in [9.17, 15) is 30.6 Å². The van der Waals surface area contributed by atoms with Crippen LogP contribution in [0.1, 0.15) is 89.7 Å². The first-order valence-corrected chi connectivity index (χ1v) is 17.3. The highest BCUT2D eigenvalue weighted by atomic mass is 16.3. The van der Waals surface area contributed by atoms with Crippen LogP contribution in [0.25, 0.3) is 0 Å². The van der Waals surface area contributed by atoms with Gasteiger partial charge in [-0.2, -0.15) is 0 Å². The van der Waals surface area contributed by atoms with Gasteiger partial charge in [-0.25, -0.2) is 0 Å². The van der Waals surface area contributed by atoms with Crippen molar-refractivity contribution in [2.24, 2.45) is 0 Å². The lowest BCUT2D eigenvalue weighted by Crippen LogP contribution is -2.08. The highest BCUT2D eigenvalue weighted by Gasteiger charge is 2.24. The predicted octanol–water partition coefficient (Wildman–Crippen LogP) is 10.4. The molecule has 0 radical (unpaired) electrons. The van der Waals surface area contributed by atoms with Gasteiger partial charge in [0.25, 0.3) is 0 Å². The zero-order chi connectivity index (χ0) is 38.0. The molecular formula is C46H48O6. The lowest BCUT2D eigenvalue weighted by atomic mass is 9.80. The van der Waals surface area contributed by atoms with Crippen molar-refractivity contribution >= 4 is 0 Å². The number of aryl methyl sites for hydroxylation is 8. The summed E-state index contributed by atoms with van der Waals surface area (Å²) in [4.78, 5) is 0. The Morgan fingerprint density at radius 2 is 0.731 bits per heavy atom. The molecule has 6 aromatic carbocycles. The largest absolute Gasteiger partial charge is 0.508 e. The first-order chi connectivity index (χ1) is 24.6. The molecule has 6 nitrogen and oxygen atoms in total. The van der Waals surface area contributed by atoms with Crippen LogP contribution in [-0.2, 0) is 0 Å². The first kappa shape index (κ1) is 37.4. The average molecular weight is 697 g/mol. The molecule has 0 aromatic heterocycles. The molecule has 0 amide bonds. The molecule has 52 heavy (non-hydrogen) atoms. The molecule has 268 valence electrons. The number of phenolic OH excluding ortho intramolecular Hbond substituents is 6. The Bertz CT molecular complexity index is 2090. The average Bonchev–Trinajstić information content (AvgIpc) is 3.09. The Morgan fingerprint density at radius 3 is 1.13 bits per heavy atom. The molecule has 0 heterocycles. The molecule has 6 aromatic rings. The number of aromatic hydroxyl groups is 6. The van der Waals surface area contributed by atoms with E-state index >= 15 is 0 Å². The molecule has 6 heteroatoms. The van der Waals surface area contributed by atoms with E-state index in [0.717, 1.165) is 77.9 Å². The van der Waals surface area contributed by atoms with Crippen LogP contribution in [0.4, 0.5) is 0 Å². The van der Waals surface area contributed by atoms with E-state index in [2.05, 4.69) is 0 Å². The summed E-state index contributed by atoms with van der Waals surface area (Å²) in [7, 11) is 0. The maximum absolute atomic E-state index is 10.5. The normalized spacial score (nSPS) is 11.1. The van der Waals surface area contributed by atoms with Gasteiger partial charge in [-0.15, -0.1) is 0 Å². The number of phenols is 6. The van der Waals surface area contributed by atoms with E-state index in [4.69, 9.17) is 0 Å². The molecular weight excluding hydrogens is 649 g/mol. The van der Waals surface area contributed by atoms with Crippen LogP contribution in [0.15, 0.2) is 97.1 Å². The van der Waals surface area contributed by atoms with Gasteiger partial charge in [0.2, 0.25) is 0 Å². The lowest BCUT2D eigenvalue weighted by molar-refractivity contribution is 0.464. The fourth-order valence-corrected chi connectivity index (χ4v) is 7.06. The van der Waals surface area contributed by atoms with Crippen LogP contribution < -0.4 is 0 Å². The van der Waals surface area contributed by atoms with Crippen molar-refractivity contribution < 1.29 is 30.6 Å². The Kier molecular flexibility index (Phi) is 10.9. The van der Waals surface area contributed by atoms with Crippen molar-refractivity contribution in [3.8, 4) is 34.5 Å². The summed E-state index contributed by atoms with van der Waals surface area (Å²) in [6.07, 6.45) is 0. The Hall–Kier alpha value is -5.88. The van der Waals surface area contributed by atoms with Crippen molar-refractivity contribution in [2.75, 3.05) is 0 Å². The van der Waals surface area contributed by atoms with E-state index in [0.29, 0.717) is 11.5 Å². The molecule has 6 N–H and O–H groups in total.